The van der Waals surface area contributed by atoms with Crippen molar-refractivity contribution >= 4 is 0 Å². The first-order valence-corrected chi connectivity index (χ1v) is 10.9. The molecular weight excluding hydrogens is 308 g/mol. The SMILES string of the molecule is CC(C)CC1(CN2CCC(N3CC(N4CCN(C)CC4)C3)CC2)CC1. The Morgan fingerprint density at radius 3 is 2.04 bits per heavy atom. The molecule has 4 heteroatoms. The molecule has 1 aliphatic carbocycles. The zero-order valence-electron chi connectivity index (χ0n) is 16.9. The molecule has 0 aromatic rings. The van der Waals surface area contributed by atoms with Crippen LogP contribution >= 0.6 is 0 Å². The number of piperazine rings is 1. The Morgan fingerprint density at radius 1 is 0.840 bits per heavy atom. The van der Waals surface area contributed by atoms with E-state index in [4.69, 9.17) is 0 Å². The van der Waals surface area contributed by atoms with Crippen LogP contribution in [0.4, 0.5) is 0 Å². The molecule has 3 heterocycles. The van der Waals surface area contributed by atoms with Crippen molar-refractivity contribution < 1.29 is 0 Å². The molecule has 0 spiro atoms. The van der Waals surface area contributed by atoms with E-state index < -0.39 is 0 Å². The van der Waals surface area contributed by atoms with Crippen molar-refractivity contribution in [3.05, 3.63) is 0 Å². The molecular formula is C21H40N4. The molecule has 0 radical (unpaired) electrons. The van der Waals surface area contributed by atoms with E-state index in [-0.39, 0.29) is 0 Å². The molecule has 0 aromatic carbocycles. The smallest absolute Gasteiger partial charge is 0.0351 e. The summed E-state index contributed by atoms with van der Waals surface area (Å²) in [6, 6.07) is 1.73. The summed E-state index contributed by atoms with van der Waals surface area (Å²) in [5.41, 5.74) is 0.713. The molecule has 4 aliphatic rings. The highest BCUT2D eigenvalue weighted by Gasteiger charge is 2.45. The third-order valence-corrected chi connectivity index (χ3v) is 7.38. The van der Waals surface area contributed by atoms with Crippen molar-refractivity contribution in [1.29, 1.82) is 0 Å². The van der Waals surface area contributed by atoms with Crippen LogP contribution in [0.25, 0.3) is 0 Å². The highest BCUT2D eigenvalue weighted by molar-refractivity contribution is 4.98. The van der Waals surface area contributed by atoms with E-state index in [1.165, 1.54) is 91.0 Å². The third kappa shape index (κ3) is 4.40. The van der Waals surface area contributed by atoms with Gasteiger partial charge in [0, 0.05) is 57.9 Å². The first-order valence-electron chi connectivity index (χ1n) is 10.9. The third-order valence-electron chi connectivity index (χ3n) is 7.38. The molecule has 1 saturated carbocycles. The fraction of sp³-hybridized carbons (Fsp3) is 1.00. The van der Waals surface area contributed by atoms with E-state index in [0.717, 1.165) is 18.0 Å². The van der Waals surface area contributed by atoms with Crippen LogP contribution in [0.15, 0.2) is 0 Å². The second-order valence-electron chi connectivity index (χ2n) is 10.1. The maximum atomic E-state index is 2.80. The number of hydrogen-bond acceptors (Lipinski definition) is 4. The zero-order chi connectivity index (χ0) is 17.4. The van der Waals surface area contributed by atoms with Gasteiger partial charge in [-0.3, -0.25) is 9.80 Å². The molecule has 0 N–H and O–H groups in total. The average Bonchev–Trinajstić information content (AvgIpc) is 3.27. The molecule has 0 atom stereocenters. The van der Waals surface area contributed by atoms with Crippen molar-refractivity contribution in [1.82, 2.24) is 19.6 Å². The number of rotatable bonds is 6. The Labute approximate surface area is 155 Å². The normalized spacial score (nSPS) is 30.7. The molecule has 3 aliphatic heterocycles. The molecule has 4 rings (SSSR count). The summed E-state index contributed by atoms with van der Waals surface area (Å²) < 4.78 is 0. The lowest BCUT2D eigenvalue weighted by atomic mass is 9.91. The minimum Gasteiger partial charge on any atom is -0.304 e. The molecule has 0 aromatic heterocycles. The topological polar surface area (TPSA) is 13.0 Å². The summed E-state index contributed by atoms with van der Waals surface area (Å²) in [5.74, 6) is 0.868. The van der Waals surface area contributed by atoms with Crippen LogP contribution in [-0.4, -0.2) is 97.6 Å². The van der Waals surface area contributed by atoms with Gasteiger partial charge in [0.2, 0.25) is 0 Å². The number of likely N-dealkylation sites (N-methyl/N-ethyl adjacent to an activating group) is 1. The van der Waals surface area contributed by atoms with Crippen molar-refractivity contribution in [2.75, 3.05) is 66.0 Å². The van der Waals surface area contributed by atoms with Crippen molar-refractivity contribution in [3.8, 4) is 0 Å². The first-order chi connectivity index (χ1) is 12.0. The van der Waals surface area contributed by atoms with Crippen LogP contribution in [0, 0.1) is 11.3 Å². The van der Waals surface area contributed by atoms with Gasteiger partial charge >= 0.3 is 0 Å². The van der Waals surface area contributed by atoms with Gasteiger partial charge in [-0.2, -0.15) is 0 Å². The van der Waals surface area contributed by atoms with Gasteiger partial charge in [0.15, 0.2) is 0 Å². The number of piperidine rings is 1. The van der Waals surface area contributed by atoms with E-state index in [0.29, 0.717) is 5.41 Å². The average molecular weight is 349 g/mol. The molecule has 0 amide bonds. The number of nitrogens with zero attached hydrogens (tertiary/aromatic N) is 4. The van der Waals surface area contributed by atoms with Crippen LogP contribution in [0.3, 0.4) is 0 Å². The van der Waals surface area contributed by atoms with Crippen molar-refractivity contribution in [2.45, 2.75) is 58.0 Å². The van der Waals surface area contributed by atoms with Crippen LogP contribution in [-0.2, 0) is 0 Å². The molecule has 3 saturated heterocycles. The summed E-state index contributed by atoms with van der Waals surface area (Å²) in [6.45, 7) is 16.6. The lowest BCUT2D eigenvalue weighted by Gasteiger charge is -2.52. The molecule has 4 nitrogen and oxygen atoms in total. The van der Waals surface area contributed by atoms with Gasteiger partial charge in [-0.05, 0) is 63.6 Å². The number of hydrogen-bond donors (Lipinski definition) is 0. The highest BCUT2D eigenvalue weighted by atomic mass is 15.4. The van der Waals surface area contributed by atoms with E-state index in [1.54, 1.807) is 0 Å². The van der Waals surface area contributed by atoms with Crippen LogP contribution in [0.5, 0.6) is 0 Å². The predicted molar refractivity (Wildman–Crippen MR) is 105 cm³/mol. The van der Waals surface area contributed by atoms with E-state index in [9.17, 15) is 0 Å². The Bertz CT molecular complexity index is 425. The van der Waals surface area contributed by atoms with E-state index >= 15 is 0 Å². The van der Waals surface area contributed by atoms with E-state index in [1.807, 2.05) is 0 Å². The van der Waals surface area contributed by atoms with Gasteiger partial charge < -0.3 is 9.80 Å². The zero-order valence-corrected chi connectivity index (χ0v) is 16.9. The van der Waals surface area contributed by atoms with Gasteiger partial charge in [0.25, 0.3) is 0 Å². The second-order valence-corrected chi connectivity index (χ2v) is 10.1. The lowest BCUT2D eigenvalue weighted by molar-refractivity contribution is -0.0293. The molecule has 4 fully saturated rings. The standard InChI is InChI=1S/C21H40N4/c1-18(2)14-21(6-7-21)17-23-8-4-19(5-9-23)25-15-20(16-25)24-12-10-22(3)11-13-24/h18-20H,4-17H2,1-3H3. The van der Waals surface area contributed by atoms with Gasteiger partial charge in [-0.25, -0.2) is 0 Å². The Balaban J connectivity index is 1.15. The van der Waals surface area contributed by atoms with Crippen LogP contribution in [0.1, 0.15) is 46.0 Å². The van der Waals surface area contributed by atoms with Gasteiger partial charge in [0.1, 0.15) is 0 Å². The van der Waals surface area contributed by atoms with Gasteiger partial charge in [-0.1, -0.05) is 13.8 Å². The van der Waals surface area contributed by atoms with Crippen LogP contribution in [0.2, 0.25) is 0 Å². The minimum absolute atomic E-state index is 0.713. The Kier molecular flexibility index (Phi) is 5.43. The predicted octanol–water partition coefficient (Wildman–Crippen LogP) is 2.21. The first kappa shape index (κ1) is 18.2. The van der Waals surface area contributed by atoms with E-state index in [2.05, 4.69) is 40.5 Å². The quantitative estimate of drug-likeness (QED) is 0.729. The second kappa shape index (κ2) is 7.46. The summed E-state index contributed by atoms with van der Waals surface area (Å²) >= 11 is 0. The summed E-state index contributed by atoms with van der Waals surface area (Å²) in [5, 5.41) is 0. The minimum atomic E-state index is 0.713. The molecule has 25 heavy (non-hydrogen) atoms. The number of likely N-dealkylation sites (tertiary alicyclic amines) is 2. The Morgan fingerprint density at radius 2 is 1.48 bits per heavy atom. The van der Waals surface area contributed by atoms with Crippen molar-refractivity contribution in [3.63, 3.8) is 0 Å². The maximum Gasteiger partial charge on any atom is 0.0351 e. The molecule has 0 bridgehead atoms. The van der Waals surface area contributed by atoms with Crippen LogP contribution < -0.4 is 0 Å². The maximum absolute atomic E-state index is 2.80. The molecule has 0 unspecified atom stereocenters. The fourth-order valence-electron chi connectivity index (χ4n) is 5.59. The summed E-state index contributed by atoms with van der Waals surface area (Å²) in [7, 11) is 2.26. The fourth-order valence-corrected chi connectivity index (χ4v) is 5.59. The summed E-state index contributed by atoms with van der Waals surface area (Å²) in [6.07, 6.45) is 7.25. The lowest BCUT2D eigenvalue weighted by Crippen LogP contribution is -2.65. The largest absolute Gasteiger partial charge is 0.304 e. The Hall–Kier alpha value is -0.160. The van der Waals surface area contributed by atoms with Gasteiger partial charge in [-0.15, -0.1) is 0 Å². The molecule has 144 valence electrons. The monoisotopic (exact) mass is 348 g/mol. The highest BCUT2D eigenvalue weighted by Crippen LogP contribution is 2.51. The summed E-state index contributed by atoms with van der Waals surface area (Å²) in [4.78, 5) is 10.8. The van der Waals surface area contributed by atoms with Crippen molar-refractivity contribution in [2.24, 2.45) is 11.3 Å². The van der Waals surface area contributed by atoms with Gasteiger partial charge in [0.05, 0.1) is 0 Å².